The Bertz CT molecular complexity index is 637. The lowest BCUT2D eigenvalue weighted by molar-refractivity contribution is -0.200. The summed E-state index contributed by atoms with van der Waals surface area (Å²) < 4.78 is 21.2. The molecule has 0 radical (unpaired) electrons. The van der Waals surface area contributed by atoms with Crippen LogP contribution in [-0.4, -0.2) is 81.2 Å². The summed E-state index contributed by atoms with van der Waals surface area (Å²) in [5, 5.41) is 3.15. The van der Waals surface area contributed by atoms with Gasteiger partial charge in [-0.1, -0.05) is 12.2 Å². The highest BCUT2D eigenvalue weighted by molar-refractivity contribution is 6.01. The minimum absolute atomic E-state index is 0.0384. The van der Waals surface area contributed by atoms with Gasteiger partial charge in [-0.25, -0.2) is 9.59 Å². The number of nitrogens with one attached hydrogen (secondary N) is 1. The van der Waals surface area contributed by atoms with Crippen LogP contribution < -0.4 is 5.32 Å². The molecule has 1 aliphatic carbocycles. The van der Waals surface area contributed by atoms with E-state index in [-0.39, 0.29) is 32.2 Å². The molecule has 2 rings (SSSR count). The van der Waals surface area contributed by atoms with Crippen molar-refractivity contribution in [2.24, 2.45) is 0 Å². The lowest BCUT2D eigenvalue weighted by atomic mass is 10.0. The first-order valence-corrected chi connectivity index (χ1v) is 11.0. The molecule has 3 amide bonds. The fraction of sp³-hybridized carbons (Fsp3) is 0.714. The molecule has 1 fully saturated rings. The zero-order chi connectivity index (χ0) is 23.0. The summed E-state index contributed by atoms with van der Waals surface area (Å²) in [6, 6.07) is 0. The van der Waals surface area contributed by atoms with Crippen LogP contribution in [0.1, 0.15) is 44.9 Å². The molecule has 1 aliphatic heterocycles. The summed E-state index contributed by atoms with van der Waals surface area (Å²) in [6.07, 6.45) is 8.63. The van der Waals surface area contributed by atoms with E-state index in [1.807, 2.05) is 0 Å². The molecule has 0 spiro atoms. The minimum Gasteiger partial charge on any atom is -0.446 e. The van der Waals surface area contributed by atoms with E-state index in [0.29, 0.717) is 31.4 Å². The Balaban J connectivity index is 1.36. The molecule has 11 nitrogen and oxygen atoms in total. The summed E-state index contributed by atoms with van der Waals surface area (Å²) in [4.78, 5) is 50.6. The number of hydrogen-bond donors (Lipinski definition) is 1. The SMILES string of the molecule is O=C(COCCOCCOCCNC(=O)OC1CC/C=C\CCC1)ON1C(=O)CCC1=O. The number of amides is 3. The van der Waals surface area contributed by atoms with E-state index in [9.17, 15) is 19.2 Å². The topological polar surface area (TPSA) is 130 Å². The number of carbonyl (C=O) groups is 4. The number of hydrogen-bond acceptors (Lipinski definition) is 9. The summed E-state index contributed by atoms with van der Waals surface area (Å²) in [5.41, 5.74) is 0. The second-order valence-corrected chi connectivity index (χ2v) is 7.26. The van der Waals surface area contributed by atoms with Gasteiger partial charge in [0.2, 0.25) is 0 Å². The Morgan fingerprint density at radius 3 is 2.31 bits per heavy atom. The molecule has 32 heavy (non-hydrogen) atoms. The van der Waals surface area contributed by atoms with E-state index < -0.39 is 30.5 Å². The number of carbonyl (C=O) groups excluding carboxylic acids is 4. The van der Waals surface area contributed by atoms with Crippen molar-refractivity contribution in [2.75, 3.05) is 46.2 Å². The molecule has 0 saturated carbocycles. The second kappa shape index (κ2) is 15.3. The van der Waals surface area contributed by atoms with E-state index in [2.05, 4.69) is 22.3 Å². The van der Waals surface area contributed by atoms with Gasteiger partial charge in [-0.3, -0.25) is 9.59 Å². The standard InChI is InChI=1S/C21H32N2O9/c24-18-8-9-19(25)23(18)32-20(26)16-30-15-14-29-13-12-28-11-10-22-21(27)31-17-6-4-2-1-3-5-7-17/h1-2,17H,3-16H2,(H,22,27)/b2-1-. The average Bonchev–Trinajstić information content (AvgIpc) is 3.06. The Kier molecular flexibility index (Phi) is 12.3. The Morgan fingerprint density at radius 1 is 0.906 bits per heavy atom. The van der Waals surface area contributed by atoms with Gasteiger partial charge in [-0.05, 0) is 32.1 Å². The molecule has 1 N–H and O–H groups in total. The summed E-state index contributed by atoms with van der Waals surface area (Å²) in [5.74, 6) is -1.90. The molecule has 1 heterocycles. The summed E-state index contributed by atoms with van der Waals surface area (Å²) in [6.45, 7) is 1.33. The minimum atomic E-state index is -0.825. The monoisotopic (exact) mass is 456 g/mol. The number of hydroxylamine groups is 2. The molecule has 0 bridgehead atoms. The van der Waals surface area contributed by atoms with Crippen LogP contribution in [0.3, 0.4) is 0 Å². The first-order valence-electron chi connectivity index (χ1n) is 11.0. The van der Waals surface area contributed by atoms with Gasteiger partial charge in [-0.2, -0.15) is 0 Å². The zero-order valence-corrected chi connectivity index (χ0v) is 18.3. The van der Waals surface area contributed by atoms with E-state index in [4.69, 9.17) is 18.9 Å². The summed E-state index contributed by atoms with van der Waals surface area (Å²) in [7, 11) is 0. The van der Waals surface area contributed by atoms with E-state index >= 15 is 0 Å². The fourth-order valence-corrected chi connectivity index (χ4v) is 3.04. The zero-order valence-electron chi connectivity index (χ0n) is 18.3. The first-order chi connectivity index (χ1) is 15.6. The molecule has 1 atom stereocenters. The molecule has 1 saturated heterocycles. The van der Waals surface area contributed by atoms with Gasteiger partial charge in [0, 0.05) is 19.4 Å². The van der Waals surface area contributed by atoms with E-state index in [1.54, 1.807) is 0 Å². The third-order valence-electron chi connectivity index (χ3n) is 4.67. The number of nitrogens with zero attached hydrogens (tertiary/aromatic N) is 1. The smallest absolute Gasteiger partial charge is 0.407 e. The van der Waals surface area contributed by atoms with Crippen molar-refractivity contribution in [3.63, 3.8) is 0 Å². The van der Waals surface area contributed by atoms with Gasteiger partial charge in [0.15, 0.2) is 0 Å². The van der Waals surface area contributed by atoms with Gasteiger partial charge in [-0.15, -0.1) is 5.06 Å². The highest BCUT2D eigenvalue weighted by Crippen LogP contribution is 2.15. The van der Waals surface area contributed by atoms with Crippen LogP contribution in [0, 0.1) is 0 Å². The van der Waals surface area contributed by atoms with E-state index in [1.165, 1.54) is 0 Å². The van der Waals surface area contributed by atoms with Crippen LogP contribution >= 0.6 is 0 Å². The predicted molar refractivity (Wildman–Crippen MR) is 110 cm³/mol. The number of imide groups is 1. The number of rotatable bonds is 13. The van der Waals surface area contributed by atoms with Crippen LogP contribution in [0.15, 0.2) is 12.2 Å². The molecule has 2 aliphatic rings. The van der Waals surface area contributed by atoms with Gasteiger partial charge in [0.25, 0.3) is 11.8 Å². The van der Waals surface area contributed by atoms with Gasteiger partial charge in [0.05, 0.1) is 33.0 Å². The maximum Gasteiger partial charge on any atom is 0.407 e. The fourth-order valence-electron chi connectivity index (χ4n) is 3.04. The van der Waals surface area contributed by atoms with Crippen molar-refractivity contribution in [2.45, 2.75) is 51.0 Å². The molecule has 1 unspecified atom stereocenters. The van der Waals surface area contributed by atoms with Crippen molar-refractivity contribution in [1.82, 2.24) is 10.4 Å². The third kappa shape index (κ3) is 10.7. The van der Waals surface area contributed by atoms with Crippen LogP contribution in [0.25, 0.3) is 0 Å². The van der Waals surface area contributed by atoms with E-state index in [0.717, 1.165) is 32.1 Å². The van der Waals surface area contributed by atoms with Gasteiger partial charge in [0.1, 0.15) is 12.7 Å². The average molecular weight is 456 g/mol. The molecule has 0 aromatic rings. The highest BCUT2D eigenvalue weighted by Gasteiger charge is 2.32. The lowest BCUT2D eigenvalue weighted by Gasteiger charge is -2.18. The Labute approximate surface area is 187 Å². The van der Waals surface area contributed by atoms with Crippen molar-refractivity contribution in [3.05, 3.63) is 12.2 Å². The first kappa shape index (κ1) is 25.8. The van der Waals surface area contributed by atoms with Gasteiger partial charge >= 0.3 is 12.1 Å². The quantitative estimate of drug-likeness (QED) is 0.247. The highest BCUT2D eigenvalue weighted by atomic mass is 16.7. The molecule has 11 heteroatoms. The Morgan fingerprint density at radius 2 is 1.56 bits per heavy atom. The maximum atomic E-state index is 11.8. The molecule has 180 valence electrons. The van der Waals surface area contributed by atoms with Gasteiger partial charge < -0.3 is 29.1 Å². The van der Waals surface area contributed by atoms with Crippen molar-refractivity contribution in [3.8, 4) is 0 Å². The molecule has 0 aromatic carbocycles. The maximum absolute atomic E-state index is 11.8. The van der Waals surface area contributed by atoms with Crippen LogP contribution in [-0.2, 0) is 38.2 Å². The third-order valence-corrected chi connectivity index (χ3v) is 4.67. The normalized spacial score (nSPS) is 19.9. The summed E-state index contributed by atoms with van der Waals surface area (Å²) >= 11 is 0. The molecule has 0 aromatic heterocycles. The molecular weight excluding hydrogens is 424 g/mol. The predicted octanol–water partition coefficient (Wildman–Crippen LogP) is 1.26. The number of ether oxygens (including phenoxy) is 4. The number of allylic oxidation sites excluding steroid dienone is 2. The van der Waals surface area contributed by atoms with Crippen LogP contribution in [0.5, 0.6) is 0 Å². The number of alkyl carbamates (subject to hydrolysis) is 1. The van der Waals surface area contributed by atoms with Crippen molar-refractivity contribution in [1.29, 1.82) is 0 Å². The Hall–Kier alpha value is -2.50. The molecular formula is C21H32N2O9. The second-order valence-electron chi connectivity index (χ2n) is 7.26. The van der Waals surface area contributed by atoms with Crippen LogP contribution in [0.2, 0.25) is 0 Å². The van der Waals surface area contributed by atoms with Crippen molar-refractivity contribution >= 4 is 23.9 Å². The lowest BCUT2D eigenvalue weighted by Crippen LogP contribution is -2.33. The van der Waals surface area contributed by atoms with Crippen LogP contribution in [0.4, 0.5) is 4.79 Å². The van der Waals surface area contributed by atoms with Crippen molar-refractivity contribution < 1.29 is 43.0 Å². The largest absolute Gasteiger partial charge is 0.446 e.